The summed E-state index contributed by atoms with van der Waals surface area (Å²) in [6.45, 7) is 5.28. The van der Waals surface area contributed by atoms with Gasteiger partial charge in [0.2, 0.25) is 5.91 Å². The van der Waals surface area contributed by atoms with Gasteiger partial charge in [-0.15, -0.1) is 11.3 Å². The van der Waals surface area contributed by atoms with Crippen molar-refractivity contribution in [1.82, 2.24) is 30.3 Å². The highest BCUT2D eigenvalue weighted by Crippen LogP contribution is 2.37. The highest BCUT2D eigenvalue weighted by atomic mass is 32.1. The first-order valence-corrected chi connectivity index (χ1v) is 13.2. The summed E-state index contributed by atoms with van der Waals surface area (Å²) < 4.78 is 5.95. The van der Waals surface area contributed by atoms with E-state index in [9.17, 15) is 14.4 Å². The second-order valence-corrected chi connectivity index (χ2v) is 10.9. The molecule has 4 amide bonds. The normalized spacial score (nSPS) is 18.9. The van der Waals surface area contributed by atoms with Crippen LogP contribution in [0, 0.1) is 5.92 Å². The number of ether oxygens (including phenoxy) is 1. The van der Waals surface area contributed by atoms with E-state index in [-0.39, 0.29) is 30.5 Å². The maximum absolute atomic E-state index is 13.6. The zero-order chi connectivity index (χ0) is 26.2. The predicted molar refractivity (Wildman–Crippen MR) is 139 cm³/mol. The Morgan fingerprint density at radius 2 is 2.03 bits per heavy atom. The van der Waals surface area contributed by atoms with Crippen LogP contribution in [0.15, 0.2) is 36.0 Å². The molecule has 0 aliphatic carbocycles. The van der Waals surface area contributed by atoms with Crippen molar-refractivity contribution in [3.8, 4) is 0 Å². The van der Waals surface area contributed by atoms with Crippen molar-refractivity contribution in [1.29, 1.82) is 0 Å². The maximum Gasteiger partial charge on any atom is 0.326 e. The van der Waals surface area contributed by atoms with Crippen LogP contribution in [0.4, 0.5) is 10.5 Å². The lowest BCUT2D eigenvalue weighted by atomic mass is 9.85. The van der Waals surface area contributed by atoms with Gasteiger partial charge in [0.15, 0.2) is 5.01 Å². The smallest absolute Gasteiger partial charge is 0.326 e. The number of aromatic amines is 1. The minimum atomic E-state index is -0.664. The first-order valence-electron chi connectivity index (χ1n) is 12.3. The van der Waals surface area contributed by atoms with Crippen LogP contribution in [0.2, 0.25) is 0 Å². The van der Waals surface area contributed by atoms with Crippen LogP contribution >= 0.6 is 11.3 Å². The van der Waals surface area contributed by atoms with Crippen molar-refractivity contribution in [2.45, 2.75) is 38.3 Å². The van der Waals surface area contributed by atoms with Crippen LogP contribution in [0.5, 0.6) is 0 Å². The van der Waals surface area contributed by atoms with E-state index >= 15 is 0 Å². The summed E-state index contributed by atoms with van der Waals surface area (Å²) in [5.41, 5.74) is 1.06. The topological polar surface area (TPSA) is 124 Å². The van der Waals surface area contributed by atoms with Crippen molar-refractivity contribution in [2.24, 2.45) is 5.92 Å². The summed E-state index contributed by atoms with van der Waals surface area (Å²) in [5.74, 6) is -0.567. The summed E-state index contributed by atoms with van der Waals surface area (Å²) in [6, 6.07) is 4.98. The molecule has 2 aliphatic heterocycles. The fraction of sp³-hybridized carbons (Fsp3) is 0.480. The number of thiazole rings is 1. The Kier molecular flexibility index (Phi) is 6.86. The number of urea groups is 1. The number of aromatic nitrogens is 3. The summed E-state index contributed by atoms with van der Waals surface area (Å²) in [7, 11) is 1.72. The molecule has 12 heteroatoms. The van der Waals surface area contributed by atoms with E-state index in [0.717, 1.165) is 16.6 Å². The lowest BCUT2D eigenvalue weighted by molar-refractivity contribution is -0.136. The van der Waals surface area contributed by atoms with Crippen molar-refractivity contribution < 1.29 is 19.1 Å². The van der Waals surface area contributed by atoms with Crippen LogP contribution in [0.25, 0.3) is 10.9 Å². The van der Waals surface area contributed by atoms with E-state index in [1.807, 2.05) is 36.9 Å². The van der Waals surface area contributed by atoms with E-state index in [4.69, 9.17) is 4.74 Å². The van der Waals surface area contributed by atoms with Gasteiger partial charge in [-0.1, -0.05) is 13.8 Å². The quantitative estimate of drug-likeness (QED) is 0.528. The van der Waals surface area contributed by atoms with Gasteiger partial charge in [-0.05, 0) is 37.0 Å². The molecule has 0 unspecified atom stereocenters. The number of rotatable bonds is 5. The molecule has 2 aliphatic rings. The molecule has 0 saturated carbocycles. The second kappa shape index (κ2) is 10.1. The van der Waals surface area contributed by atoms with Gasteiger partial charge < -0.3 is 19.9 Å². The number of carbonyl (C=O) groups excluding carboxylic acids is 3. The minimum absolute atomic E-state index is 0.0954. The zero-order valence-corrected chi connectivity index (χ0v) is 22.0. The van der Waals surface area contributed by atoms with Crippen molar-refractivity contribution in [3.05, 3.63) is 41.0 Å². The number of carbonyl (C=O) groups is 3. The number of nitrogens with zero attached hydrogens (tertiary/aromatic N) is 5. The molecule has 2 N–H and O–H groups in total. The Bertz CT molecular complexity index is 1280. The Hall–Kier alpha value is -3.51. The average Bonchev–Trinajstić information content (AvgIpc) is 3.57. The molecule has 1 aromatic carbocycles. The molecule has 2 aromatic heterocycles. The Morgan fingerprint density at radius 1 is 1.24 bits per heavy atom. The predicted octanol–water partition coefficient (Wildman–Crippen LogP) is 2.68. The number of piperidine rings is 1. The standard InChI is InChI=1S/C25H31N7O4S/c1-16(2)20(28-21(33)22-26-8-11-37-22)23(34)31-9-6-25(7-10-31)14-36-15-30(3)24(35)32(25)18-4-5-19-17(12-18)13-27-29-19/h4-5,8,11-13,16,20H,6-7,9-10,14-15H2,1-3H3,(H,27,29)(H,28,33)/t20-/m1/s1. The minimum Gasteiger partial charge on any atom is -0.359 e. The van der Waals surface area contributed by atoms with Crippen LogP contribution < -0.4 is 10.2 Å². The monoisotopic (exact) mass is 525 g/mol. The molecule has 11 nitrogen and oxygen atoms in total. The van der Waals surface area contributed by atoms with Gasteiger partial charge >= 0.3 is 6.03 Å². The fourth-order valence-electron chi connectivity index (χ4n) is 5.08. The third kappa shape index (κ3) is 4.78. The summed E-state index contributed by atoms with van der Waals surface area (Å²) in [4.78, 5) is 48.9. The first-order chi connectivity index (χ1) is 17.8. The molecule has 1 spiro atoms. The summed E-state index contributed by atoms with van der Waals surface area (Å²) in [6.07, 6.45) is 4.40. The summed E-state index contributed by atoms with van der Waals surface area (Å²) in [5, 5.41) is 12.9. The van der Waals surface area contributed by atoms with Crippen molar-refractivity contribution in [3.63, 3.8) is 0 Å². The Morgan fingerprint density at radius 3 is 2.73 bits per heavy atom. The van der Waals surface area contributed by atoms with Crippen LogP contribution in [0.3, 0.4) is 0 Å². The number of benzene rings is 1. The molecule has 196 valence electrons. The van der Waals surface area contributed by atoms with E-state index < -0.39 is 11.6 Å². The number of hydrogen-bond acceptors (Lipinski definition) is 7. The molecule has 0 bridgehead atoms. The van der Waals surface area contributed by atoms with Crippen molar-refractivity contribution in [2.75, 3.05) is 38.4 Å². The lowest BCUT2D eigenvalue weighted by Crippen LogP contribution is -2.62. The number of amides is 4. The molecule has 3 aromatic rings. The molecule has 0 radical (unpaired) electrons. The number of nitrogens with one attached hydrogen (secondary N) is 2. The van der Waals surface area contributed by atoms with Crippen LogP contribution in [0.1, 0.15) is 36.5 Å². The lowest BCUT2D eigenvalue weighted by Gasteiger charge is -2.48. The van der Waals surface area contributed by atoms with E-state index in [1.54, 1.807) is 34.6 Å². The molecular weight excluding hydrogens is 494 g/mol. The average molecular weight is 526 g/mol. The van der Waals surface area contributed by atoms with Gasteiger partial charge in [-0.25, -0.2) is 9.78 Å². The number of fused-ring (bicyclic) bond motifs is 1. The zero-order valence-electron chi connectivity index (χ0n) is 21.1. The van der Waals surface area contributed by atoms with Crippen LogP contribution in [-0.2, 0) is 9.53 Å². The van der Waals surface area contributed by atoms with Gasteiger partial charge in [-0.2, -0.15) is 5.10 Å². The number of H-pyrrole nitrogens is 1. The van der Waals surface area contributed by atoms with Crippen molar-refractivity contribution >= 4 is 45.8 Å². The molecule has 2 saturated heterocycles. The number of likely N-dealkylation sites (tertiary alicyclic amines) is 1. The second-order valence-electron chi connectivity index (χ2n) is 10.0. The first kappa shape index (κ1) is 25.2. The van der Waals surface area contributed by atoms with E-state index in [0.29, 0.717) is 37.5 Å². The van der Waals surface area contributed by atoms with Gasteiger partial charge in [0.1, 0.15) is 12.8 Å². The van der Waals surface area contributed by atoms with Gasteiger partial charge in [0.05, 0.1) is 23.9 Å². The van der Waals surface area contributed by atoms with E-state index in [1.165, 1.54) is 11.3 Å². The largest absolute Gasteiger partial charge is 0.359 e. The summed E-state index contributed by atoms with van der Waals surface area (Å²) >= 11 is 1.24. The molecule has 1 atom stereocenters. The highest BCUT2D eigenvalue weighted by Gasteiger charge is 2.47. The maximum atomic E-state index is 13.6. The molecular formula is C25H31N7O4S. The van der Waals surface area contributed by atoms with E-state index in [2.05, 4.69) is 20.5 Å². The highest BCUT2D eigenvalue weighted by molar-refractivity contribution is 7.11. The molecule has 2 fully saturated rings. The third-order valence-electron chi connectivity index (χ3n) is 7.18. The molecule has 37 heavy (non-hydrogen) atoms. The molecule has 4 heterocycles. The van der Waals surface area contributed by atoms with Gasteiger partial charge in [0, 0.05) is 42.8 Å². The fourth-order valence-corrected chi connectivity index (χ4v) is 5.62. The van der Waals surface area contributed by atoms with Crippen LogP contribution in [-0.4, -0.2) is 87.9 Å². The number of anilines is 1. The molecule has 5 rings (SSSR count). The SMILES string of the molecule is CC(C)[C@@H](NC(=O)c1nccs1)C(=O)N1CCC2(CC1)COCN(C)C(=O)N2c1ccc2[nH]ncc2c1. The van der Waals surface area contributed by atoms with Gasteiger partial charge in [-0.3, -0.25) is 19.6 Å². The number of hydrogen-bond donors (Lipinski definition) is 2. The Balaban J connectivity index is 1.36. The Labute approximate surface area is 218 Å². The van der Waals surface area contributed by atoms with Gasteiger partial charge in [0.25, 0.3) is 5.91 Å². The third-order valence-corrected chi connectivity index (χ3v) is 7.95.